The highest BCUT2D eigenvalue weighted by Crippen LogP contribution is 2.28. The van der Waals surface area contributed by atoms with Crippen molar-refractivity contribution in [2.75, 3.05) is 14.1 Å². The predicted molar refractivity (Wildman–Crippen MR) is 81.2 cm³/mol. The fourth-order valence-electron chi connectivity index (χ4n) is 1.76. The van der Waals surface area contributed by atoms with Gasteiger partial charge in [0, 0.05) is 18.6 Å². The molecule has 0 fully saturated rings. The molecule has 0 saturated heterocycles. The summed E-state index contributed by atoms with van der Waals surface area (Å²) in [5.74, 6) is -1.80. The molecule has 0 aliphatic rings. The van der Waals surface area contributed by atoms with Crippen LogP contribution in [0.1, 0.15) is 22.8 Å². The maximum atomic E-state index is 12.6. The number of sulfone groups is 1. The normalized spacial score (nSPS) is 12.8. The number of hydrogen-bond acceptors (Lipinski definition) is 4. The molecular weight excluding hydrogens is 362 g/mol. The Balaban J connectivity index is 3.51. The molecule has 1 aromatic rings. The lowest BCUT2D eigenvalue weighted by molar-refractivity contribution is -0.127. The van der Waals surface area contributed by atoms with Gasteiger partial charge in [-0.1, -0.05) is 15.9 Å². The van der Waals surface area contributed by atoms with Crippen LogP contribution in [0.25, 0.3) is 0 Å². The molecule has 0 heterocycles. The summed E-state index contributed by atoms with van der Waals surface area (Å²) in [6, 6.07) is 2.41. The van der Waals surface area contributed by atoms with Gasteiger partial charge in [-0.15, -0.1) is 0 Å². The highest BCUT2D eigenvalue weighted by atomic mass is 79.9. The summed E-state index contributed by atoms with van der Waals surface area (Å²) in [6.45, 7) is 2.84. The molecule has 1 unspecified atom stereocenters. The summed E-state index contributed by atoms with van der Waals surface area (Å²) in [5.41, 5.74) is 0.217. The Morgan fingerprint density at radius 3 is 2.24 bits per heavy atom. The number of carboxylic acids is 1. The topological polar surface area (TPSA) is 91.7 Å². The van der Waals surface area contributed by atoms with Crippen molar-refractivity contribution in [3.8, 4) is 0 Å². The molecule has 0 aliphatic heterocycles. The van der Waals surface area contributed by atoms with E-state index in [-0.39, 0.29) is 10.5 Å². The molecule has 1 N–H and O–H groups in total. The van der Waals surface area contributed by atoms with E-state index < -0.39 is 27.0 Å². The van der Waals surface area contributed by atoms with Gasteiger partial charge in [0.1, 0.15) is 5.25 Å². The van der Waals surface area contributed by atoms with Gasteiger partial charge in [-0.3, -0.25) is 4.79 Å². The number of carboxylic acid groups (broad SMARTS) is 1. The first-order chi connectivity index (χ1) is 9.50. The van der Waals surface area contributed by atoms with Crippen LogP contribution in [-0.4, -0.2) is 49.6 Å². The lowest BCUT2D eigenvalue weighted by Gasteiger charge is -2.19. The van der Waals surface area contributed by atoms with E-state index in [1.54, 1.807) is 6.92 Å². The lowest BCUT2D eigenvalue weighted by Crippen LogP contribution is -2.37. The molecule has 1 rings (SSSR count). The van der Waals surface area contributed by atoms with Crippen LogP contribution in [0, 0.1) is 6.92 Å². The molecule has 1 atom stereocenters. The summed E-state index contributed by atoms with van der Waals surface area (Å²) in [6.07, 6.45) is 0. The largest absolute Gasteiger partial charge is 0.478 e. The highest BCUT2D eigenvalue weighted by molar-refractivity contribution is 9.10. The van der Waals surface area contributed by atoms with Crippen molar-refractivity contribution in [1.29, 1.82) is 0 Å². The van der Waals surface area contributed by atoms with Crippen molar-refractivity contribution in [2.45, 2.75) is 24.0 Å². The second kappa shape index (κ2) is 6.15. The molecule has 116 valence electrons. The molecule has 1 amide bonds. The Kier molecular flexibility index (Phi) is 5.16. The fraction of sp³-hybridized carbons (Fsp3) is 0.385. The molecule has 21 heavy (non-hydrogen) atoms. The number of carbonyl (C=O) groups excluding carboxylic acids is 1. The second-order valence-electron chi connectivity index (χ2n) is 4.81. The minimum Gasteiger partial charge on any atom is -0.478 e. The summed E-state index contributed by atoms with van der Waals surface area (Å²) < 4.78 is 25.5. The van der Waals surface area contributed by atoms with E-state index in [4.69, 9.17) is 5.11 Å². The summed E-state index contributed by atoms with van der Waals surface area (Å²) >= 11 is 3.15. The summed E-state index contributed by atoms with van der Waals surface area (Å²) in [4.78, 5) is 24.0. The Morgan fingerprint density at radius 2 is 1.81 bits per heavy atom. The zero-order valence-corrected chi connectivity index (χ0v) is 14.4. The number of halogens is 1. The van der Waals surface area contributed by atoms with E-state index >= 15 is 0 Å². The Labute approximate surface area is 131 Å². The van der Waals surface area contributed by atoms with E-state index in [0.29, 0.717) is 10.0 Å². The van der Waals surface area contributed by atoms with Crippen LogP contribution in [0.2, 0.25) is 0 Å². The van der Waals surface area contributed by atoms with Gasteiger partial charge in [0.2, 0.25) is 5.91 Å². The quantitative estimate of drug-likeness (QED) is 0.861. The zero-order chi connectivity index (χ0) is 16.5. The maximum absolute atomic E-state index is 12.6. The molecule has 6 nitrogen and oxygen atoms in total. The van der Waals surface area contributed by atoms with Crippen LogP contribution in [0.5, 0.6) is 0 Å². The monoisotopic (exact) mass is 377 g/mol. The summed E-state index contributed by atoms with van der Waals surface area (Å²) in [5, 5.41) is 7.75. The van der Waals surface area contributed by atoms with Gasteiger partial charge >= 0.3 is 5.97 Å². The minimum absolute atomic E-state index is 0.156. The van der Waals surface area contributed by atoms with Crippen LogP contribution in [0.15, 0.2) is 21.5 Å². The second-order valence-corrected chi connectivity index (χ2v) is 7.90. The first-order valence-corrected chi connectivity index (χ1v) is 8.32. The first-order valence-electron chi connectivity index (χ1n) is 5.98. The van der Waals surface area contributed by atoms with Crippen molar-refractivity contribution >= 4 is 37.6 Å². The minimum atomic E-state index is -3.98. The van der Waals surface area contributed by atoms with Crippen molar-refractivity contribution in [3.63, 3.8) is 0 Å². The third-order valence-corrected chi connectivity index (χ3v) is 6.10. The average Bonchev–Trinajstić information content (AvgIpc) is 2.39. The lowest BCUT2D eigenvalue weighted by atomic mass is 10.1. The molecule has 1 aromatic carbocycles. The average molecular weight is 378 g/mol. The van der Waals surface area contributed by atoms with Crippen LogP contribution < -0.4 is 0 Å². The molecule has 0 radical (unpaired) electrons. The Bertz CT molecular complexity index is 697. The fourth-order valence-corrected chi connectivity index (χ4v) is 4.04. The van der Waals surface area contributed by atoms with Crippen LogP contribution >= 0.6 is 15.9 Å². The highest BCUT2D eigenvalue weighted by Gasteiger charge is 2.33. The number of carbonyl (C=O) groups is 2. The molecule has 0 aromatic heterocycles. The molecular formula is C13H16BrNO5S. The van der Waals surface area contributed by atoms with E-state index in [1.807, 2.05) is 0 Å². The number of hydrogen-bond donors (Lipinski definition) is 1. The van der Waals surface area contributed by atoms with Gasteiger partial charge in [0.15, 0.2) is 9.84 Å². The Morgan fingerprint density at radius 1 is 1.29 bits per heavy atom. The molecule has 0 bridgehead atoms. The van der Waals surface area contributed by atoms with Crippen LogP contribution in [0.4, 0.5) is 0 Å². The molecule has 0 aliphatic carbocycles. The number of nitrogens with zero attached hydrogens (tertiary/aromatic N) is 1. The van der Waals surface area contributed by atoms with Crippen LogP contribution in [-0.2, 0) is 14.6 Å². The van der Waals surface area contributed by atoms with E-state index in [9.17, 15) is 18.0 Å². The zero-order valence-electron chi connectivity index (χ0n) is 12.0. The Hall–Kier alpha value is -1.41. The maximum Gasteiger partial charge on any atom is 0.335 e. The SMILES string of the molecule is Cc1c(Br)cc(C(=O)O)cc1S(=O)(=O)C(C)C(=O)N(C)C. The molecule has 0 spiro atoms. The van der Waals surface area contributed by atoms with E-state index in [1.165, 1.54) is 32.0 Å². The first kappa shape index (κ1) is 17.6. The van der Waals surface area contributed by atoms with Gasteiger partial charge in [-0.05, 0) is 31.5 Å². The van der Waals surface area contributed by atoms with Crippen molar-refractivity contribution in [1.82, 2.24) is 4.90 Å². The van der Waals surface area contributed by atoms with Crippen molar-refractivity contribution in [2.24, 2.45) is 0 Å². The van der Waals surface area contributed by atoms with E-state index in [2.05, 4.69) is 15.9 Å². The van der Waals surface area contributed by atoms with Crippen molar-refractivity contribution < 1.29 is 23.1 Å². The standard InChI is InChI=1S/C13H16BrNO5S/c1-7-10(14)5-9(13(17)18)6-11(7)21(19,20)8(2)12(16)15(3)4/h5-6,8H,1-4H3,(H,17,18). The van der Waals surface area contributed by atoms with Gasteiger partial charge in [-0.25, -0.2) is 13.2 Å². The van der Waals surface area contributed by atoms with Gasteiger partial charge in [-0.2, -0.15) is 0 Å². The van der Waals surface area contributed by atoms with Gasteiger partial charge in [0.05, 0.1) is 10.5 Å². The smallest absolute Gasteiger partial charge is 0.335 e. The number of benzene rings is 1. The van der Waals surface area contributed by atoms with Crippen LogP contribution in [0.3, 0.4) is 0 Å². The number of amides is 1. The molecule has 0 saturated carbocycles. The predicted octanol–water partition coefficient (Wildman–Crippen LogP) is 1.71. The van der Waals surface area contributed by atoms with Gasteiger partial charge < -0.3 is 10.0 Å². The third kappa shape index (κ3) is 3.44. The number of rotatable bonds is 4. The van der Waals surface area contributed by atoms with Gasteiger partial charge in [0.25, 0.3) is 0 Å². The third-order valence-electron chi connectivity index (χ3n) is 3.10. The number of aromatic carboxylic acids is 1. The summed E-state index contributed by atoms with van der Waals surface area (Å²) in [7, 11) is -1.05. The van der Waals surface area contributed by atoms with E-state index in [0.717, 1.165) is 6.07 Å². The van der Waals surface area contributed by atoms with Crippen molar-refractivity contribution in [3.05, 3.63) is 27.7 Å². The molecule has 8 heteroatoms.